The molecule has 0 bridgehead atoms. The molecule has 1 N–H and O–H groups in total. The number of rotatable bonds is 6. The summed E-state index contributed by atoms with van der Waals surface area (Å²) >= 11 is 0. The standard InChI is InChI=1S/C17H18FNO3/c1-12(2)22-16-6-4-3-5-15(16)19-17(20)11-21-14-9-7-13(18)8-10-14/h3-10,12H,11H2,1-2H3,(H,19,20). The molecule has 0 aliphatic carbocycles. The lowest BCUT2D eigenvalue weighted by Crippen LogP contribution is -2.21. The Bertz CT molecular complexity index is 626. The highest BCUT2D eigenvalue weighted by molar-refractivity contribution is 5.93. The van der Waals surface area contributed by atoms with E-state index in [0.29, 0.717) is 17.2 Å². The Kier molecular flexibility index (Phi) is 5.36. The fourth-order valence-corrected chi connectivity index (χ4v) is 1.79. The average molecular weight is 303 g/mol. The molecule has 116 valence electrons. The van der Waals surface area contributed by atoms with Crippen molar-refractivity contribution >= 4 is 11.6 Å². The van der Waals surface area contributed by atoms with Crippen LogP contribution in [0.2, 0.25) is 0 Å². The molecule has 0 aliphatic heterocycles. The molecule has 2 aromatic carbocycles. The number of carbonyl (C=O) groups excluding carboxylic acids is 1. The second-order valence-electron chi connectivity index (χ2n) is 4.95. The second kappa shape index (κ2) is 7.45. The largest absolute Gasteiger partial charge is 0.489 e. The van der Waals surface area contributed by atoms with Gasteiger partial charge >= 0.3 is 0 Å². The summed E-state index contributed by atoms with van der Waals surface area (Å²) in [5.74, 6) is 0.372. The van der Waals surface area contributed by atoms with E-state index in [4.69, 9.17) is 9.47 Å². The summed E-state index contributed by atoms with van der Waals surface area (Å²) in [5.41, 5.74) is 0.587. The van der Waals surface area contributed by atoms with Gasteiger partial charge in [0.15, 0.2) is 6.61 Å². The first-order valence-electron chi connectivity index (χ1n) is 6.98. The van der Waals surface area contributed by atoms with Crippen molar-refractivity contribution in [2.24, 2.45) is 0 Å². The number of para-hydroxylation sites is 2. The van der Waals surface area contributed by atoms with Gasteiger partial charge in [-0.15, -0.1) is 0 Å². The van der Waals surface area contributed by atoms with Gasteiger partial charge in [0, 0.05) is 0 Å². The average Bonchev–Trinajstić information content (AvgIpc) is 2.48. The number of carbonyl (C=O) groups is 1. The number of ether oxygens (including phenoxy) is 2. The van der Waals surface area contributed by atoms with Crippen molar-refractivity contribution in [3.8, 4) is 11.5 Å². The van der Waals surface area contributed by atoms with Gasteiger partial charge in [-0.25, -0.2) is 4.39 Å². The van der Waals surface area contributed by atoms with Crippen LogP contribution in [-0.4, -0.2) is 18.6 Å². The van der Waals surface area contributed by atoms with E-state index in [1.54, 1.807) is 12.1 Å². The quantitative estimate of drug-likeness (QED) is 0.886. The molecule has 0 atom stereocenters. The number of halogens is 1. The van der Waals surface area contributed by atoms with E-state index in [1.807, 2.05) is 26.0 Å². The Labute approximate surface area is 128 Å². The van der Waals surface area contributed by atoms with E-state index >= 15 is 0 Å². The first-order valence-corrected chi connectivity index (χ1v) is 6.98. The first kappa shape index (κ1) is 15.8. The molecule has 2 rings (SSSR count). The number of hydrogen-bond donors (Lipinski definition) is 1. The lowest BCUT2D eigenvalue weighted by atomic mass is 10.3. The van der Waals surface area contributed by atoms with Crippen LogP contribution in [0, 0.1) is 5.82 Å². The third-order valence-corrected chi connectivity index (χ3v) is 2.71. The van der Waals surface area contributed by atoms with Gasteiger partial charge in [0.2, 0.25) is 0 Å². The van der Waals surface area contributed by atoms with Gasteiger partial charge < -0.3 is 14.8 Å². The fourth-order valence-electron chi connectivity index (χ4n) is 1.79. The van der Waals surface area contributed by atoms with Crippen molar-refractivity contribution in [3.05, 3.63) is 54.3 Å². The summed E-state index contributed by atoms with van der Waals surface area (Å²) in [6.45, 7) is 3.66. The van der Waals surface area contributed by atoms with Crippen molar-refractivity contribution in [1.82, 2.24) is 0 Å². The summed E-state index contributed by atoms with van der Waals surface area (Å²) in [4.78, 5) is 11.9. The van der Waals surface area contributed by atoms with E-state index in [0.717, 1.165) is 0 Å². The van der Waals surface area contributed by atoms with Gasteiger partial charge in [-0.1, -0.05) is 12.1 Å². The zero-order chi connectivity index (χ0) is 15.9. The van der Waals surface area contributed by atoms with E-state index in [2.05, 4.69) is 5.32 Å². The van der Waals surface area contributed by atoms with Gasteiger partial charge in [0.05, 0.1) is 11.8 Å². The summed E-state index contributed by atoms with van der Waals surface area (Å²) in [6, 6.07) is 12.7. The maximum Gasteiger partial charge on any atom is 0.262 e. The zero-order valence-electron chi connectivity index (χ0n) is 12.5. The number of anilines is 1. The maximum atomic E-state index is 12.8. The van der Waals surface area contributed by atoms with Crippen LogP contribution in [0.15, 0.2) is 48.5 Å². The highest BCUT2D eigenvalue weighted by Crippen LogP contribution is 2.24. The van der Waals surface area contributed by atoms with Crippen molar-refractivity contribution in [2.75, 3.05) is 11.9 Å². The van der Waals surface area contributed by atoms with Crippen LogP contribution in [-0.2, 0) is 4.79 Å². The molecule has 0 spiro atoms. The lowest BCUT2D eigenvalue weighted by Gasteiger charge is -2.15. The van der Waals surface area contributed by atoms with E-state index in [9.17, 15) is 9.18 Å². The molecule has 5 heteroatoms. The molecule has 0 fully saturated rings. The molecule has 0 unspecified atom stereocenters. The second-order valence-corrected chi connectivity index (χ2v) is 4.95. The molecular weight excluding hydrogens is 285 g/mol. The molecule has 22 heavy (non-hydrogen) atoms. The summed E-state index contributed by atoms with van der Waals surface area (Å²) < 4.78 is 23.7. The minimum atomic E-state index is -0.350. The van der Waals surface area contributed by atoms with Crippen LogP contribution in [0.3, 0.4) is 0 Å². The van der Waals surface area contributed by atoms with E-state index < -0.39 is 0 Å². The summed E-state index contributed by atoms with van der Waals surface area (Å²) in [7, 11) is 0. The maximum absolute atomic E-state index is 12.8. The normalized spacial score (nSPS) is 10.4. The predicted molar refractivity (Wildman–Crippen MR) is 82.7 cm³/mol. The Morgan fingerprint density at radius 2 is 1.82 bits per heavy atom. The molecular formula is C17H18FNO3. The number of nitrogens with one attached hydrogen (secondary N) is 1. The molecule has 0 heterocycles. The summed E-state index contributed by atoms with van der Waals surface area (Å²) in [5, 5.41) is 2.73. The van der Waals surface area contributed by atoms with Crippen molar-refractivity contribution in [3.63, 3.8) is 0 Å². The Morgan fingerprint density at radius 3 is 2.50 bits per heavy atom. The smallest absolute Gasteiger partial charge is 0.262 e. The lowest BCUT2D eigenvalue weighted by molar-refractivity contribution is -0.118. The highest BCUT2D eigenvalue weighted by atomic mass is 19.1. The Hall–Kier alpha value is -2.56. The molecule has 2 aromatic rings. The Morgan fingerprint density at radius 1 is 1.14 bits per heavy atom. The number of benzene rings is 2. The van der Waals surface area contributed by atoms with Crippen LogP contribution in [0.1, 0.15) is 13.8 Å². The highest BCUT2D eigenvalue weighted by Gasteiger charge is 2.09. The molecule has 4 nitrogen and oxygen atoms in total. The van der Waals surface area contributed by atoms with Gasteiger partial charge in [0.1, 0.15) is 17.3 Å². The molecule has 0 radical (unpaired) electrons. The third-order valence-electron chi connectivity index (χ3n) is 2.71. The van der Waals surface area contributed by atoms with Gasteiger partial charge in [-0.3, -0.25) is 4.79 Å². The minimum absolute atomic E-state index is 0.00789. The first-order chi connectivity index (χ1) is 10.5. The minimum Gasteiger partial charge on any atom is -0.489 e. The van der Waals surface area contributed by atoms with Crippen LogP contribution < -0.4 is 14.8 Å². The van der Waals surface area contributed by atoms with Crippen LogP contribution in [0.4, 0.5) is 10.1 Å². The third kappa shape index (κ3) is 4.77. The summed E-state index contributed by atoms with van der Waals surface area (Å²) in [6.07, 6.45) is 0.00789. The topological polar surface area (TPSA) is 47.6 Å². The predicted octanol–water partition coefficient (Wildman–Crippen LogP) is 3.63. The van der Waals surface area contributed by atoms with Gasteiger partial charge in [0.25, 0.3) is 5.91 Å². The Balaban J connectivity index is 1.93. The molecule has 0 aliphatic rings. The molecule has 0 aromatic heterocycles. The van der Waals surface area contributed by atoms with Crippen molar-refractivity contribution in [2.45, 2.75) is 20.0 Å². The van der Waals surface area contributed by atoms with Crippen LogP contribution in [0.5, 0.6) is 11.5 Å². The molecule has 1 amide bonds. The number of hydrogen-bond acceptors (Lipinski definition) is 3. The van der Waals surface area contributed by atoms with Crippen molar-refractivity contribution < 1.29 is 18.7 Å². The number of amides is 1. The van der Waals surface area contributed by atoms with Crippen molar-refractivity contribution in [1.29, 1.82) is 0 Å². The van der Waals surface area contributed by atoms with Crippen LogP contribution in [0.25, 0.3) is 0 Å². The van der Waals surface area contributed by atoms with Gasteiger partial charge in [-0.05, 0) is 50.2 Å². The fraction of sp³-hybridized carbons (Fsp3) is 0.235. The van der Waals surface area contributed by atoms with Gasteiger partial charge in [-0.2, -0.15) is 0 Å². The monoisotopic (exact) mass is 303 g/mol. The van der Waals surface area contributed by atoms with E-state index in [-0.39, 0.29) is 24.4 Å². The van der Waals surface area contributed by atoms with Crippen LogP contribution >= 0.6 is 0 Å². The zero-order valence-corrected chi connectivity index (χ0v) is 12.5. The molecule has 0 saturated carbocycles. The SMILES string of the molecule is CC(C)Oc1ccccc1NC(=O)COc1ccc(F)cc1. The van der Waals surface area contributed by atoms with E-state index in [1.165, 1.54) is 24.3 Å². The molecule has 0 saturated heterocycles.